The fourth-order valence-corrected chi connectivity index (χ4v) is 2.97. The first-order chi connectivity index (χ1) is 14.1. The lowest BCUT2D eigenvalue weighted by atomic mass is 10.1. The number of aldehydes is 1. The molecule has 3 rings (SSSR count). The van der Waals surface area contributed by atoms with Crippen LogP contribution in [0.2, 0.25) is 0 Å². The van der Waals surface area contributed by atoms with Crippen LogP contribution >= 0.6 is 0 Å². The molecule has 0 aromatic heterocycles. The van der Waals surface area contributed by atoms with E-state index in [-0.39, 0.29) is 22.6 Å². The summed E-state index contributed by atoms with van der Waals surface area (Å²) in [7, 11) is 2.75. The van der Waals surface area contributed by atoms with Gasteiger partial charge < -0.3 is 19.5 Å². The summed E-state index contributed by atoms with van der Waals surface area (Å²) >= 11 is 0. The minimum absolute atomic E-state index is 0.0663. The normalized spacial score (nSPS) is 10.3. The largest absolute Gasteiger partial charge is 0.493 e. The Balaban J connectivity index is 1.75. The van der Waals surface area contributed by atoms with Crippen LogP contribution in [0, 0.1) is 0 Å². The number of carbonyl (C=O) groups is 3. The van der Waals surface area contributed by atoms with Crippen LogP contribution in [0.4, 0.5) is 5.69 Å². The van der Waals surface area contributed by atoms with Gasteiger partial charge in [-0.25, -0.2) is 4.79 Å². The highest BCUT2D eigenvalue weighted by Crippen LogP contribution is 2.33. The summed E-state index contributed by atoms with van der Waals surface area (Å²) in [5.74, 6) is -1.04. The molecule has 0 bridgehead atoms. The van der Waals surface area contributed by atoms with E-state index in [0.717, 1.165) is 10.8 Å². The van der Waals surface area contributed by atoms with Crippen molar-refractivity contribution >= 4 is 34.6 Å². The van der Waals surface area contributed by atoms with E-state index >= 15 is 0 Å². The molecule has 0 atom stereocenters. The van der Waals surface area contributed by atoms with Gasteiger partial charge in [0, 0.05) is 16.6 Å². The van der Waals surface area contributed by atoms with Gasteiger partial charge in [-0.3, -0.25) is 9.59 Å². The number of esters is 1. The van der Waals surface area contributed by atoms with Gasteiger partial charge in [-0.1, -0.05) is 36.4 Å². The second kappa shape index (κ2) is 8.88. The summed E-state index contributed by atoms with van der Waals surface area (Å²) in [4.78, 5) is 36.2. The van der Waals surface area contributed by atoms with E-state index in [9.17, 15) is 14.4 Å². The van der Waals surface area contributed by atoms with Gasteiger partial charge in [0.2, 0.25) is 0 Å². The first-order valence-corrected chi connectivity index (χ1v) is 8.74. The summed E-state index contributed by atoms with van der Waals surface area (Å²) in [5, 5.41) is 4.57. The second-order valence-electron chi connectivity index (χ2n) is 6.03. The SMILES string of the molecule is COc1ccc(C=O)c(C(=O)OCC(=O)Nc2cccc3ccccc23)c1OC. The van der Waals surface area contributed by atoms with Gasteiger partial charge in [0.1, 0.15) is 5.56 Å². The van der Waals surface area contributed by atoms with Crippen molar-refractivity contribution in [1.82, 2.24) is 0 Å². The molecule has 3 aromatic rings. The average molecular weight is 393 g/mol. The maximum absolute atomic E-state index is 12.5. The fraction of sp³-hybridized carbons (Fsp3) is 0.136. The molecule has 0 heterocycles. The van der Waals surface area contributed by atoms with Crippen LogP contribution < -0.4 is 14.8 Å². The third-order valence-electron chi connectivity index (χ3n) is 4.31. The maximum Gasteiger partial charge on any atom is 0.343 e. The average Bonchev–Trinajstić information content (AvgIpc) is 2.76. The highest BCUT2D eigenvalue weighted by Gasteiger charge is 2.23. The van der Waals surface area contributed by atoms with Crippen molar-refractivity contribution in [2.45, 2.75) is 0 Å². The molecule has 0 aliphatic carbocycles. The summed E-state index contributed by atoms with van der Waals surface area (Å²) < 4.78 is 15.5. The van der Waals surface area contributed by atoms with Gasteiger partial charge in [-0.2, -0.15) is 0 Å². The molecular formula is C22H19NO6. The van der Waals surface area contributed by atoms with Crippen LogP contribution in [0.25, 0.3) is 10.8 Å². The molecule has 0 saturated carbocycles. The third kappa shape index (κ3) is 4.19. The predicted molar refractivity (Wildman–Crippen MR) is 108 cm³/mol. The zero-order valence-electron chi connectivity index (χ0n) is 15.9. The highest BCUT2D eigenvalue weighted by atomic mass is 16.5. The van der Waals surface area contributed by atoms with Crippen molar-refractivity contribution in [2.75, 3.05) is 26.1 Å². The molecule has 0 fully saturated rings. The molecule has 7 heteroatoms. The topological polar surface area (TPSA) is 90.9 Å². The van der Waals surface area contributed by atoms with Crippen molar-refractivity contribution in [3.63, 3.8) is 0 Å². The Bertz CT molecular complexity index is 1070. The number of rotatable bonds is 7. The van der Waals surface area contributed by atoms with Gasteiger partial charge in [0.15, 0.2) is 24.4 Å². The van der Waals surface area contributed by atoms with E-state index < -0.39 is 18.5 Å². The number of anilines is 1. The molecule has 1 amide bonds. The fourth-order valence-electron chi connectivity index (χ4n) is 2.97. The zero-order chi connectivity index (χ0) is 20.8. The Labute approximate surface area is 167 Å². The van der Waals surface area contributed by atoms with Crippen LogP contribution in [0.15, 0.2) is 54.6 Å². The van der Waals surface area contributed by atoms with Crippen molar-refractivity contribution in [2.24, 2.45) is 0 Å². The molecule has 0 spiro atoms. The number of hydrogen-bond acceptors (Lipinski definition) is 6. The van der Waals surface area contributed by atoms with Gasteiger partial charge in [-0.15, -0.1) is 0 Å². The minimum atomic E-state index is -0.865. The number of amides is 1. The number of benzene rings is 3. The van der Waals surface area contributed by atoms with Crippen molar-refractivity contribution in [1.29, 1.82) is 0 Å². The number of hydrogen-bond donors (Lipinski definition) is 1. The summed E-state index contributed by atoms with van der Waals surface area (Å²) in [5.41, 5.74) is 0.582. The van der Waals surface area contributed by atoms with Crippen LogP contribution in [0.3, 0.4) is 0 Å². The van der Waals surface area contributed by atoms with Crippen LogP contribution in [0.5, 0.6) is 11.5 Å². The lowest BCUT2D eigenvalue weighted by Gasteiger charge is -2.14. The van der Waals surface area contributed by atoms with Crippen LogP contribution in [-0.2, 0) is 9.53 Å². The van der Waals surface area contributed by atoms with Gasteiger partial charge in [-0.05, 0) is 23.6 Å². The van der Waals surface area contributed by atoms with E-state index in [2.05, 4.69) is 5.32 Å². The van der Waals surface area contributed by atoms with E-state index in [1.54, 1.807) is 6.07 Å². The Morgan fingerprint density at radius 3 is 2.45 bits per heavy atom. The molecule has 0 unspecified atom stereocenters. The lowest BCUT2D eigenvalue weighted by molar-refractivity contribution is -0.119. The molecule has 148 valence electrons. The van der Waals surface area contributed by atoms with E-state index in [0.29, 0.717) is 12.0 Å². The molecule has 1 N–H and O–H groups in total. The van der Waals surface area contributed by atoms with Crippen LogP contribution in [0.1, 0.15) is 20.7 Å². The molecule has 7 nitrogen and oxygen atoms in total. The van der Waals surface area contributed by atoms with Gasteiger partial charge >= 0.3 is 5.97 Å². The first-order valence-electron chi connectivity index (χ1n) is 8.74. The van der Waals surface area contributed by atoms with Crippen LogP contribution in [-0.4, -0.2) is 39.0 Å². The second-order valence-corrected chi connectivity index (χ2v) is 6.03. The Morgan fingerprint density at radius 1 is 0.966 bits per heavy atom. The molecule has 0 aliphatic rings. The van der Waals surface area contributed by atoms with Crippen molar-refractivity contribution in [3.05, 3.63) is 65.7 Å². The standard InChI is InChI=1S/C22H19NO6/c1-27-18-11-10-15(12-24)20(21(18)28-2)22(26)29-13-19(25)23-17-9-5-7-14-6-3-4-8-16(14)17/h3-12H,13H2,1-2H3,(H,23,25). The van der Waals surface area contributed by atoms with Crippen molar-refractivity contribution in [3.8, 4) is 11.5 Å². The number of nitrogens with one attached hydrogen (secondary N) is 1. The third-order valence-corrected chi connectivity index (χ3v) is 4.31. The van der Waals surface area contributed by atoms with E-state index in [1.807, 2.05) is 36.4 Å². The summed E-state index contributed by atoms with van der Waals surface area (Å²) in [6.45, 7) is -0.527. The Morgan fingerprint density at radius 2 is 1.72 bits per heavy atom. The molecule has 0 radical (unpaired) electrons. The Hall–Kier alpha value is -3.87. The quantitative estimate of drug-likeness (QED) is 0.488. The highest BCUT2D eigenvalue weighted by molar-refractivity contribution is 6.05. The van der Waals surface area contributed by atoms with E-state index in [1.165, 1.54) is 26.4 Å². The predicted octanol–water partition coefficient (Wildman–Crippen LogP) is 3.47. The zero-order valence-corrected chi connectivity index (χ0v) is 15.9. The molecule has 3 aromatic carbocycles. The molecule has 0 saturated heterocycles. The number of ether oxygens (including phenoxy) is 3. The molecular weight excluding hydrogens is 374 g/mol. The lowest BCUT2D eigenvalue weighted by Crippen LogP contribution is -2.22. The molecule has 0 aliphatic heterocycles. The summed E-state index contributed by atoms with van der Waals surface area (Å²) in [6, 6.07) is 16.0. The summed E-state index contributed by atoms with van der Waals surface area (Å²) in [6.07, 6.45) is 0.509. The molecule has 29 heavy (non-hydrogen) atoms. The Kier molecular flexibility index (Phi) is 6.09. The maximum atomic E-state index is 12.5. The van der Waals surface area contributed by atoms with Crippen molar-refractivity contribution < 1.29 is 28.6 Å². The van der Waals surface area contributed by atoms with E-state index in [4.69, 9.17) is 14.2 Å². The number of carbonyl (C=O) groups excluding carboxylic acids is 3. The first kappa shape index (κ1) is 19.9. The van der Waals surface area contributed by atoms with Gasteiger partial charge in [0.05, 0.1) is 14.2 Å². The smallest absolute Gasteiger partial charge is 0.343 e. The van der Waals surface area contributed by atoms with Gasteiger partial charge in [0.25, 0.3) is 5.91 Å². The number of fused-ring (bicyclic) bond motifs is 1. The monoisotopic (exact) mass is 393 g/mol. The number of methoxy groups -OCH3 is 2. The minimum Gasteiger partial charge on any atom is -0.493 e.